The zero-order chi connectivity index (χ0) is 25.2. The Balaban J connectivity index is 1.54. The van der Waals surface area contributed by atoms with E-state index in [1.807, 2.05) is 29.0 Å². The third kappa shape index (κ3) is 4.08. The summed E-state index contributed by atoms with van der Waals surface area (Å²) in [4.78, 5) is 32.5. The van der Waals surface area contributed by atoms with E-state index in [4.69, 9.17) is 13.9 Å². The van der Waals surface area contributed by atoms with Gasteiger partial charge in [-0.2, -0.15) is 0 Å². The Morgan fingerprint density at radius 3 is 2.61 bits per heavy atom. The molecule has 9 nitrogen and oxygen atoms in total. The lowest BCUT2D eigenvalue weighted by Crippen LogP contribution is -2.32. The van der Waals surface area contributed by atoms with Gasteiger partial charge in [-0.15, -0.1) is 0 Å². The van der Waals surface area contributed by atoms with E-state index in [1.54, 1.807) is 42.9 Å². The van der Waals surface area contributed by atoms with Crippen molar-refractivity contribution in [3.8, 4) is 11.5 Å². The Bertz CT molecular complexity index is 1420. The number of aryl methyl sites for hydroxylation is 1. The summed E-state index contributed by atoms with van der Waals surface area (Å²) in [5, 5.41) is 11.7. The molecule has 2 aromatic heterocycles. The Morgan fingerprint density at radius 2 is 1.89 bits per heavy atom. The number of rotatable bonds is 9. The first-order valence-electron chi connectivity index (χ1n) is 11.5. The molecule has 1 atom stereocenters. The van der Waals surface area contributed by atoms with Gasteiger partial charge in [-0.1, -0.05) is 24.3 Å². The first-order valence-corrected chi connectivity index (χ1v) is 11.5. The first-order chi connectivity index (χ1) is 17.5. The summed E-state index contributed by atoms with van der Waals surface area (Å²) in [5.74, 6) is -0.730. The monoisotopic (exact) mass is 487 g/mol. The number of ketones is 1. The van der Waals surface area contributed by atoms with Gasteiger partial charge in [0.25, 0.3) is 5.91 Å². The van der Waals surface area contributed by atoms with Crippen LogP contribution < -0.4 is 9.47 Å². The zero-order valence-corrected chi connectivity index (χ0v) is 19.9. The molecular weight excluding hydrogens is 462 g/mol. The number of fused-ring (bicyclic) bond motifs is 1. The van der Waals surface area contributed by atoms with Crippen molar-refractivity contribution in [1.82, 2.24) is 14.5 Å². The number of aromatic nitrogens is 2. The number of imidazole rings is 1. The molecule has 184 valence electrons. The summed E-state index contributed by atoms with van der Waals surface area (Å²) in [6, 6.07) is 13.2. The van der Waals surface area contributed by atoms with E-state index in [-0.39, 0.29) is 11.3 Å². The second-order valence-corrected chi connectivity index (χ2v) is 8.41. The van der Waals surface area contributed by atoms with Gasteiger partial charge < -0.3 is 28.5 Å². The number of hydrogen-bond acceptors (Lipinski definition) is 7. The van der Waals surface area contributed by atoms with E-state index in [9.17, 15) is 14.7 Å². The number of para-hydroxylation sites is 1. The molecule has 2 aromatic carbocycles. The van der Waals surface area contributed by atoms with Crippen molar-refractivity contribution in [2.75, 3.05) is 20.8 Å². The van der Waals surface area contributed by atoms with Crippen LogP contribution in [0.25, 0.3) is 11.0 Å². The predicted octanol–water partition coefficient (Wildman–Crippen LogP) is 4.32. The van der Waals surface area contributed by atoms with Gasteiger partial charge in [-0.25, -0.2) is 4.98 Å². The third-order valence-corrected chi connectivity index (χ3v) is 6.30. The van der Waals surface area contributed by atoms with Crippen molar-refractivity contribution >= 4 is 22.7 Å². The number of aliphatic hydroxyl groups excluding tert-OH is 1. The average Bonchev–Trinajstić information content (AvgIpc) is 3.63. The number of nitrogens with zero attached hydrogens (tertiary/aromatic N) is 3. The van der Waals surface area contributed by atoms with E-state index < -0.39 is 23.5 Å². The molecule has 0 aliphatic carbocycles. The number of Topliss-reactive ketones (excluding diaryl/α,β-unsaturated/α-hetero) is 1. The molecule has 3 heterocycles. The molecule has 5 rings (SSSR count). The van der Waals surface area contributed by atoms with Crippen LogP contribution in [0.1, 0.15) is 28.6 Å². The van der Waals surface area contributed by atoms with Crippen molar-refractivity contribution in [3.63, 3.8) is 0 Å². The van der Waals surface area contributed by atoms with E-state index >= 15 is 0 Å². The molecule has 0 saturated heterocycles. The van der Waals surface area contributed by atoms with Crippen LogP contribution in [-0.2, 0) is 11.3 Å². The molecule has 1 aliphatic heterocycles. The number of benzene rings is 2. The maximum Gasteiger partial charge on any atom is 0.290 e. The highest BCUT2D eigenvalue weighted by Crippen LogP contribution is 2.42. The van der Waals surface area contributed by atoms with Crippen LogP contribution in [0.5, 0.6) is 11.5 Å². The molecule has 0 spiro atoms. The molecule has 1 N–H and O–H groups in total. The van der Waals surface area contributed by atoms with Gasteiger partial charge in [0.05, 0.1) is 32.2 Å². The fraction of sp³-hybridized carbons (Fsp3) is 0.222. The van der Waals surface area contributed by atoms with Crippen LogP contribution in [0.4, 0.5) is 0 Å². The minimum absolute atomic E-state index is 0.0334. The number of hydrogen-bond donors (Lipinski definition) is 1. The van der Waals surface area contributed by atoms with Gasteiger partial charge in [0.1, 0.15) is 5.58 Å². The molecule has 9 heteroatoms. The lowest BCUT2D eigenvalue weighted by Gasteiger charge is -2.27. The topological polar surface area (TPSA) is 107 Å². The SMILES string of the molecule is COc1ccc(C2C(C(=O)c3cc4ccccc4o3)=C(O)C(=O)N2CCCn2ccnc2)cc1OC. The van der Waals surface area contributed by atoms with Gasteiger partial charge in [0.2, 0.25) is 5.78 Å². The number of ether oxygens (including phenoxy) is 2. The van der Waals surface area contributed by atoms with Crippen LogP contribution in [-0.4, -0.2) is 52.0 Å². The van der Waals surface area contributed by atoms with Crippen molar-refractivity contribution < 1.29 is 28.6 Å². The maximum absolute atomic E-state index is 13.7. The van der Waals surface area contributed by atoms with Crippen molar-refractivity contribution in [2.24, 2.45) is 0 Å². The normalized spacial score (nSPS) is 15.7. The smallest absolute Gasteiger partial charge is 0.290 e. The molecule has 0 bridgehead atoms. The summed E-state index contributed by atoms with van der Waals surface area (Å²) in [6.07, 6.45) is 5.81. The summed E-state index contributed by atoms with van der Waals surface area (Å²) in [7, 11) is 3.04. The molecule has 1 aliphatic rings. The highest BCUT2D eigenvalue weighted by atomic mass is 16.5. The van der Waals surface area contributed by atoms with Gasteiger partial charge in [-0.05, 0) is 36.2 Å². The number of carbonyl (C=O) groups is 2. The van der Waals surface area contributed by atoms with Crippen molar-refractivity contribution in [2.45, 2.75) is 19.0 Å². The van der Waals surface area contributed by atoms with E-state index in [0.717, 1.165) is 5.39 Å². The molecule has 1 amide bonds. The standard InChI is InChI=1S/C27H25N3O6/c1-34-20-9-8-18(15-21(20)35-2)24-23(25(31)22-14-17-6-3-4-7-19(17)36-22)26(32)27(33)30(24)12-5-11-29-13-10-28-16-29/h3-4,6-10,13-16,24,32H,5,11-12H2,1-2H3. The molecule has 0 radical (unpaired) electrons. The summed E-state index contributed by atoms with van der Waals surface area (Å²) < 4.78 is 18.5. The Morgan fingerprint density at radius 1 is 1.08 bits per heavy atom. The van der Waals surface area contributed by atoms with Crippen molar-refractivity contribution in [1.29, 1.82) is 0 Å². The van der Waals surface area contributed by atoms with Crippen LogP contribution in [0.2, 0.25) is 0 Å². The first kappa shape index (κ1) is 23.2. The largest absolute Gasteiger partial charge is 0.503 e. The average molecular weight is 488 g/mol. The van der Waals surface area contributed by atoms with E-state index in [2.05, 4.69) is 4.98 Å². The Hall–Kier alpha value is -4.53. The zero-order valence-electron chi connectivity index (χ0n) is 19.9. The fourth-order valence-electron chi connectivity index (χ4n) is 4.55. The summed E-state index contributed by atoms with van der Waals surface area (Å²) in [6.45, 7) is 0.924. The van der Waals surface area contributed by atoms with Crippen LogP contribution in [0.15, 0.2) is 83.0 Å². The van der Waals surface area contributed by atoms with Gasteiger partial charge >= 0.3 is 0 Å². The highest BCUT2D eigenvalue weighted by molar-refractivity contribution is 6.16. The lowest BCUT2D eigenvalue weighted by atomic mass is 9.94. The van der Waals surface area contributed by atoms with Gasteiger partial charge in [-0.3, -0.25) is 9.59 Å². The van der Waals surface area contributed by atoms with Crippen molar-refractivity contribution in [3.05, 3.63) is 89.9 Å². The molecular formula is C27H25N3O6. The maximum atomic E-state index is 13.7. The molecule has 1 unspecified atom stereocenters. The second-order valence-electron chi connectivity index (χ2n) is 8.41. The Kier molecular flexibility index (Phi) is 6.20. The minimum atomic E-state index is -0.833. The lowest BCUT2D eigenvalue weighted by molar-refractivity contribution is -0.129. The quantitative estimate of drug-likeness (QED) is 0.351. The third-order valence-electron chi connectivity index (χ3n) is 6.30. The van der Waals surface area contributed by atoms with Crippen LogP contribution >= 0.6 is 0 Å². The predicted molar refractivity (Wildman–Crippen MR) is 131 cm³/mol. The number of aliphatic hydroxyl groups is 1. The molecule has 0 fully saturated rings. The summed E-state index contributed by atoms with van der Waals surface area (Å²) in [5.41, 5.74) is 1.12. The fourth-order valence-corrected chi connectivity index (χ4v) is 4.55. The van der Waals surface area contributed by atoms with Gasteiger partial charge in [0.15, 0.2) is 23.0 Å². The van der Waals surface area contributed by atoms with Crippen LogP contribution in [0.3, 0.4) is 0 Å². The minimum Gasteiger partial charge on any atom is -0.503 e. The van der Waals surface area contributed by atoms with E-state index in [1.165, 1.54) is 19.1 Å². The Labute approximate surface area is 207 Å². The van der Waals surface area contributed by atoms with Crippen LogP contribution in [0, 0.1) is 0 Å². The van der Waals surface area contributed by atoms with E-state index in [0.29, 0.717) is 42.2 Å². The second kappa shape index (κ2) is 9.61. The van der Waals surface area contributed by atoms with Gasteiger partial charge in [0, 0.05) is 30.9 Å². The highest BCUT2D eigenvalue weighted by Gasteiger charge is 2.44. The number of amides is 1. The number of methoxy groups -OCH3 is 2. The molecule has 36 heavy (non-hydrogen) atoms. The molecule has 0 saturated carbocycles. The molecule has 4 aromatic rings. The summed E-state index contributed by atoms with van der Waals surface area (Å²) >= 11 is 0. The number of carbonyl (C=O) groups excluding carboxylic acids is 2. The number of furan rings is 1.